The third-order valence-electron chi connectivity index (χ3n) is 4.77. The minimum atomic E-state index is -0.504. The lowest BCUT2D eigenvalue weighted by molar-refractivity contribution is 0.0991. The quantitative estimate of drug-likeness (QED) is 0.633. The lowest BCUT2D eigenvalue weighted by atomic mass is 10.3. The fourth-order valence-electron chi connectivity index (χ4n) is 3.06. The maximum absolute atomic E-state index is 12.4. The highest BCUT2D eigenvalue weighted by molar-refractivity contribution is 6.00. The Bertz CT molecular complexity index is 998. The molecule has 1 amide bonds. The number of hydrogen-bond donors (Lipinski definition) is 2. The molecule has 10 nitrogen and oxygen atoms in total. The Hall–Kier alpha value is -3.66. The van der Waals surface area contributed by atoms with E-state index in [0.29, 0.717) is 17.1 Å². The normalized spacial score (nSPS) is 14.4. The first-order valence-corrected chi connectivity index (χ1v) is 9.56. The number of likely N-dealkylation sites (N-methyl/N-ethyl adjacent to an activating group) is 1. The third-order valence-corrected chi connectivity index (χ3v) is 4.77. The molecule has 0 atom stereocenters. The van der Waals surface area contributed by atoms with E-state index in [2.05, 4.69) is 42.7 Å². The van der Waals surface area contributed by atoms with E-state index < -0.39 is 5.91 Å². The molecule has 0 spiro atoms. The van der Waals surface area contributed by atoms with Crippen LogP contribution >= 0.6 is 0 Å². The zero-order valence-corrected chi connectivity index (χ0v) is 16.8. The zero-order valence-electron chi connectivity index (χ0n) is 16.8. The van der Waals surface area contributed by atoms with E-state index in [0.717, 1.165) is 32.0 Å². The second-order valence-corrected chi connectivity index (χ2v) is 6.92. The third kappa shape index (κ3) is 4.66. The number of hydrogen-bond acceptors (Lipinski definition) is 9. The van der Waals surface area contributed by atoms with Crippen LogP contribution in [0.15, 0.2) is 47.0 Å². The van der Waals surface area contributed by atoms with Crippen LogP contribution in [-0.2, 0) is 0 Å². The maximum atomic E-state index is 12.4. The Balaban J connectivity index is 1.36. The molecule has 4 rings (SSSR count). The number of piperazine rings is 1. The summed E-state index contributed by atoms with van der Waals surface area (Å²) in [5, 5.41) is 13.3. The van der Waals surface area contributed by atoms with Gasteiger partial charge in [0.1, 0.15) is 11.6 Å². The second-order valence-electron chi connectivity index (χ2n) is 6.92. The van der Waals surface area contributed by atoms with Gasteiger partial charge >= 0.3 is 17.8 Å². The van der Waals surface area contributed by atoms with Crippen LogP contribution in [0.3, 0.4) is 0 Å². The Labute approximate surface area is 173 Å². The van der Waals surface area contributed by atoms with Crippen LogP contribution in [0.1, 0.15) is 10.7 Å². The van der Waals surface area contributed by atoms with Gasteiger partial charge in [0, 0.05) is 37.9 Å². The van der Waals surface area contributed by atoms with Gasteiger partial charge in [0.25, 0.3) is 0 Å². The smallest absolute Gasteiger partial charge is 0.320 e. The van der Waals surface area contributed by atoms with Crippen molar-refractivity contribution in [1.82, 2.24) is 20.1 Å². The Kier molecular flexibility index (Phi) is 5.75. The molecule has 0 bridgehead atoms. The SMILES string of the molecule is COc1cccc(Nc2nnc(C(=O)Nc3ccc(N4CCN(C)CC4)nc3)o2)c1. The van der Waals surface area contributed by atoms with Crippen LogP contribution in [0.25, 0.3) is 0 Å². The van der Waals surface area contributed by atoms with Gasteiger partial charge in [-0.15, -0.1) is 5.10 Å². The summed E-state index contributed by atoms with van der Waals surface area (Å²) in [5.74, 6) is 0.924. The number of amides is 1. The molecule has 0 unspecified atom stereocenters. The molecule has 1 aliphatic heterocycles. The largest absolute Gasteiger partial charge is 0.497 e. The van der Waals surface area contributed by atoms with Crippen molar-refractivity contribution in [3.05, 3.63) is 48.5 Å². The monoisotopic (exact) mass is 409 g/mol. The number of methoxy groups -OCH3 is 1. The van der Waals surface area contributed by atoms with Gasteiger partial charge in [0.15, 0.2) is 0 Å². The number of rotatable bonds is 6. The first-order chi connectivity index (χ1) is 14.6. The van der Waals surface area contributed by atoms with Crippen LogP contribution in [0.5, 0.6) is 5.75 Å². The number of nitrogens with one attached hydrogen (secondary N) is 2. The van der Waals surface area contributed by atoms with Crippen LogP contribution in [0.4, 0.5) is 23.2 Å². The standard InChI is InChI=1S/C20H23N7O3/c1-26-8-10-27(11-9-26)17-7-6-15(13-21-17)22-18(28)19-24-25-20(30-19)23-14-4-3-5-16(12-14)29-2/h3-7,12-13H,8-11H2,1-2H3,(H,22,28)(H,23,25). The molecule has 1 aromatic carbocycles. The Morgan fingerprint density at radius 3 is 2.67 bits per heavy atom. The molecule has 3 heterocycles. The van der Waals surface area contributed by atoms with E-state index in [4.69, 9.17) is 9.15 Å². The molecule has 10 heteroatoms. The Morgan fingerprint density at radius 2 is 1.93 bits per heavy atom. The summed E-state index contributed by atoms with van der Waals surface area (Å²) in [5.41, 5.74) is 1.26. The van der Waals surface area contributed by atoms with E-state index in [9.17, 15) is 4.79 Å². The first kappa shape index (κ1) is 19.6. The second kappa shape index (κ2) is 8.78. The van der Waals surface area contributed by atoms with Crippen molar-refractivity contribution in [3.8, 4) is 5.75 Å². The highest BCUT2D eigenvalue weighted by Crippen LogP contribution is 2.21. The van der Waals surface area contributed by atoms with E-state index in [1.807, 2.05) is 30.3 Å². The van der Waals surface area contributed by atoms with Crippen LogP contribution in [-0.4, -0.2) is 66.3 Å². The number of carbonyl (C=O) groups excluding carboxylic acids is 1. The maximum Gasteiger partial charge on any atom is 0.320 e. The van der Waals surface area contributed by atoms with Gasteiger partial charge in [-0.2, -0.15) is 0 Å². The molecule has 0 aliphatic carbocycles. The highest BCUT2D eigenvalue weighted by Gasteiger charge is 2.17. The van der Waals surface area contributed by atoms with Crippen molar-refractivity contribution in [3.63, 3.8) is 0 Å². The minimum absolute atomic E-state index is 0.108. The molecule has 1 aliphatic rings. The van der Waals surface area contributed by atoms with Gasteiger partial charge in [0.05, 0.1) is 19.0 Å². The van der Waals surface area contributed by atoms with Crippen molar-refractivity contribution >= 4 is 29.1 Å². The van der Waals surface area contributed by atoms with Crippen LogP contribution in [0, 0.1) is 0 Å². The van der Waals surface area contributed by atoms with E-state index >= 15 is 0 Å². The summed E-state index contributed by atoms with van der Waals surface area (Å²) in [4.78, 5) is 21.4. The van der Waals surface area contributed by atoms with E-state index in [-0.39, 0.29) is 11.9 Å². The summed E-state index contributed by atoms with van der Waals surface area (Å²) in [7, 11) is 3.69. The number of carbonyl (C=O) groups is 1. The molecule has 3 aromatic rings. The summed E-state index contributed by atoms with van der Waals surface area (Å²) in [6.07, 6.45) is 1.62. The predicted molar refractivity (Wildman–Crippen MR) is 112 cm³/mol. The number of nitrogens with zero attached hydrogens (tertiary/aromatic N) is 5. The van der Waals surface area contributed by atoms with E-state index in [1.165, 1.54) is 0 Å². The highest BCUT2D eigenvalue weighted by atomic mass is 16.5. The van der Waals surface area contributed by atoms with Gasteiger partial charge < -0.3 is 29.6 Å². The zero-order chi connectivity index (χ0) is 20.9. The van der Waals surface area contributed by atoms with Crippen molar-refractivity contribution in [2.24, 2.45) is 0 Å². The van der Waals surface area contributed by atoms with Crippen molar-refractivity contribution in [1.29, 1.82) is 0 Å². The lowest BCUT2D eigenvalue weighted by Gasteiger charge is -2.33. The molecule has 2 aromatic heterocycles. The molecule has 1 fully saturated rings. The lowest BCUT2D eigenvalue weighted by Crippen LogP contribution is -2.44. The molecule has 1 saturated heterocycles. The number of anilines is 4. The Morgan fingerprint density at radius 1 is 1.10 bits per heavy atom. The average Bonchev–Trinajstić information content (AvgIpc) is 3.24. The van der Waals surface area contributed by atoms with Gasteiger partial charge in [-0.25, -0.2) is 4.98 Å². The van der Waals surface area contributed by atoms with Gasteiger partial charge in [-0.3, -0.25) is 4.79 Å². The molecule has 156 valence electrons. The number of aromatic nitrogens is 3. The molecule has 2 N–H and O–H groups in total. The molecular formula is C20H23N7O3. The van der Waals surface area contributed by atoms with Crippen molar-refractivity contribution in [2.45, 2.75) is 0 Å². The fraction of sp³-hybridized carbons (Fsp3) is 0.300. The van der Waals surface area contributed by atoms with Gasteiger partial charge in [-0.05, 0) is 31.3 Å². The van der Waals surface area contributed by atoms with Crippen LogP contribution < -0.4 is 20.3 Å². The molecular weight excluding hydrogens is 386 g/mol. The summed E-state index contributed by atoms with van der Waals surface area (Å²) in [6, 6.07) is 11.1. The minimum Gasteiger partial charge on any atom is -0.497 e. The molecule has 0 saturated carbocycles. The van der Waals surface area contributed by atoms with Gasteiger partial charge in [-0.1, -0.05) is 11.2 Å². The van der Waals surface area contributed by atoms with Crippen molar-refractivity contribution < 1.29 is 13.9 Å². The summed E-state index contributed by atoms with van der Waals surface area (Å²) >= 11 is 0. The number of benzene rings is 1. The van der Waals surface area contributed by atoms with E-state index in [1.54, 1.807) is 19.4 Å². The number of pyridine rings is 1. The predicted octanol–water partition coefficient (Wildman–Crippen LogP) is 2.22. The first-order valence-electron chi connectivity index (χ1n) is 9.56. The van der Waals surface area contributed by atoms with Gasteiger partial charge in [0.2, 0.25) is 0 Å². The molecule has 0 radical (unpaired) electrons. The summed E-state index contributed by atoms with van der Waals surface area (Å²) < 4.78 is 10.6. The molecule has 30 heavy (non-hydrogen) atoms. The van der Waals surface area contributed by atoms with Crippen molar-refractivity contribution in [2.75, 3.05) is 55.9 Å². The topological polar surface area (TPSA) is 109 Å². The fourth-order valence-corrected chi connectivity index (χ4v) is 3.06. The van der Waals surface area contributed by atoms with Crippen LogP contribution in [0.2, 0.25) is 0 Å². The number of ether oxygens (including phenoxy) is 1. The average molecular weight is 409 g/mol. The summed E-state index contributed by atoms with van der Waals surface area (Å²) in [6.45, 7) is 3.87.